The Morgan fingerprint density at radius 3 is 2.03 bits per heavy atom. The Balaban J connectivity index is 0.000000286. The Bertz CT molecular complexity index is 1050. The third-order valence-corrected chi connectivity index (χ3v) is 5.47. The normalized spacial score (nSPS) is 19.8. The third kappa shape index (κ3) is 8.73. The van der Waals surface area contributed by atoms with Gasteiger partial charge in [0.2, 0.25) is 5.91 Å². The highest BCUT2D eigenvalue weighted by molar-refractivity contribution is 5.96. The van der Waals surface area contributed by atoms with Gasteiger partial charge in [-0.05, 0) is 30.0 Å². The summed E-state index contributed by atoms with van der Waals surface area (Å²) in [4.78, 5) is 39.0. The molecule has 2 saturated heterocycles. The fourth-order valence-corrected chi connectivity index (χ4v) is 3.82. The molecule has 0 spiro atoms. The number of pyridine rings is 1. The number of carbonyl (C=O) groups excluding carboxylic acids is 1. The monoisotopic (exact) mass is 539 g/mol. The molecule has 0 aromatic carbocycles. The van der Waals surface area contributed by atoms with Crippen molar-refractivity contribution in [3.05, 3.63) is 42.5 Å². The number of rotatable bonds is 3. The molecule has 0 saturated carbocycles. The lowest BCUT2D eigenvalue weighted by molar-refractivity contribution is -0.193. The van der Waals surface area contributed by atoms with E-state index in [1.54, 1.807) is 10.9 Å². The second kappa shape index (κ2) is 12.0. The second-order valence-corrected chi connectivity index (χ2v) is 8.17. The van der Waals surface area contributed by atoms with Gasteiger partial charge in [-0.3, -0.25) is 19.4 Å². The predicted molar refractivity (Wildman–Crippen MR) is 114 cm³/mol. The second-order valence-electron chi connectivity index (χ2n) is 8.17. The fourth-order valence-electron chi connectivity index (χ4n) is 3.82. The first-order valence-electron chi connectivity index (χ1n) is 10.6. The van der Waals surface area contributed by atoms with Gasteiger partial charge < -0.3 is 15.1 Å². The molecular weight excluding hydrogens is 516 g/mol. The number of carboxylic acids is 2. The first-order valence-corrected chi connectivity index (χ1v) is 10.6. The number of nitrogens with zero attached hydrogens (tertiary/aromatic N) is 5. The minimum atomic E-state index is -5.08. The Morgan fingerprint density at radius 1 is 1.03 bits per heavy atom. The van der Waals surface area contributed by atoms with Gasteiger partial charge in [-0.1, -0.05) is 0 Å². The van der Waals surface area contributed by atoms with Gasteiger partial charge >= 0.3 is 24.3 Å². The van der Waals surface area contributed by atoms with Crippen LogP contribution in [0.2, 0.25) is 0 Å². The summed E-state index contributed by atoms with van der Waals surface area (Å²) >= 11 is 0. The van der Waals surface area contributed by atoms with E-state index in [0.717, 1.165) is 38.3 Å². The first-order chi connectivity index (χ1) is 17.1. The lowest BCUT2D eigenvalue weighted by Crippen LogP contribution is -2.45. The number of anilines is 1. The molecule has 2 fully saturated rings. The zero-order valence-corrected chi connectivity index (χ0v) is 19.3. The zero-order chi connectivity index (χ0) is 28.0. The van der Waals surface area contributed by atoms with Crippen molar-refractivity contribution in [1.82, 2.24) is 19.7 Å². The van der Waals surface area contributed by atoms with Gasteiger partial charge in [-0.15, -0.1) is 0 Å². The van der Waals surface area contributed by atoms with Crippen molar-refractivity contribution in [3.63, 3.8) is 0 Å². The molecule has 2 aliphatic rings. The van der Waals surface area contributed by atoms with E-state index in [9.17, 15) is 31.1 Å². The molecule has 0 unspecified atom stereocenters. The van der Waals surface area contributed by atoms with Crippen LogP contribution < -0.4 is 4.90 Å². The highest BCUT2D eigenvalue weighted by Gasteiger charge is 2.43. The molecule has 4 rings (SSSR count). The number of amides is 1. The van der Waals surface area contributed by atoms with Crippen LogP contribution in [0.25, 0.3) is 0 Å². The maximum absolute atomic E-state index is 12.9. The molecule has 0 bridgehead atoms. The quantitative estimate of drug-likeness (QED) is 0.570. The van der Waals surface area contributed by atoms with E-state index >= 15 is 0 Å². The van der Waals surface area contributed by atoms with Crippen LogP contribution in [0.1, 0.15) is 12.0 Å². The van der Waals surface area contributed by atoms with E-state index in [1.165, 1.54) is 5.56 Å². The average Bonchev–Trinajstić information content (AvgIpc) is 3.40. The average molecular weight is 539 g/mol. The van der Waals surface area contributed by atoms with Gasteiger partial charge in [-0.2, -0.15) is 31.4 Å². The molecule has 2 N–H and O–H groups in total. The van der Waals surface area contributed by atoms with Gasteiger partial charge in [0.1, 0.15) is 0 Å². The lowest BCUT2D eigenvalue weighted by atomic mass is 9.88. The van der Waals surface area contributed by atoms with Crippen molar-refractivity contribution in [3.8, 4) is 0 Å². The van der Waals surface area contributed by atoms with Crippen LogP contribution in [-0.2, 0) is 28.0 Å². The number of aryl methyl sites for hydroxylation is 1. The number of alkyl halides is 6. The smallest absolute Gasteiger partial charge is 0.475 e. The summed E-state index contributed by atoms with van der Waals surface area (Å²) in [7, 11) is 1.88. The molecule has 204 valence electrons. The largest absolute Gasteiger partial charge is 0.490 e. The standard InChI is InChI=1S/C17H21N5O.2C2HF3O2/c1-20-11-15(8-19-20)22-7-4-14-10-21(12-16(14)17(22)23)9-13-2-5-18-6-3-13;2*3-2(4,5)1(6)7/h2-3,5-6,8,11,14,16H,4,7,9-10,12H2,1H3;2*(H,6,7)/t14-,16-;;/m1../s1. The van der Waals surface area contributed by atoms with E-state index in [0.29, 0.717) is 5.92 Å². The summed E-state index contributed by atoms with van der Waals surface area (Å²) in [6.07, 6.45) is -1.75. The highest BCUT2D eigenvalue weighted by Crippen LogP contribution is 2.34. The molecule has 37 heavy (non-hydrogen) atoms. The van der Waals surface area contributed by atoms with Crippen molar-refractivity contribution >= 4 is 23.5 Å². The Kier molecular flexibility index (Phi) is 9.61. The summed E-state index contributed by atoms with van der Waals surface area (Å²) in [5.74, 6) is -4.66. The van der Waals surface area contributed by atoms with Gasteiger partial charge in [0, 0.05) is 51.8 Å². The lowest BCUT2D eigenvalue weighted by Gasteiger charge is -2.32. The number of halogens is 6. The maximum Gasteiger partial charge on any atom is 0.490 e. The van der Waals surface area contributed by atoms with Crippen LogP contribution in [0.15, 0.2) is 36.9 Å². The summed E-state index contributed by atoms with van der Waals surface area (Å²) in [6, 6.07) is 4.09. The predicted octanol–water partition coefficient (Wildman–Crippen LogP) is 2.57. The number of likely N-dealkylation sites (tertiary alicyclic amines) is 1. The molecule has 1 amide bonds. The number of hydrogen-bond donors (Lipinski definition) is 2. The number of piperidine rings is 1. The minimum absolute atomic E-state index is 0.116. The molecule has 2 aliphatic heterocycles. The Labute approximate surface area is 206 Å². The van der Waals surface area contributed by atoms with Gasteiger partial charge in [0.05, 0.1) is 17.8 Å². The van der Waals surface area contributed by atoms with Crippen molar-refractivity contribution < 1.29 is 50.9 Å². The number of aromatic nitrogens is 3. The summed E-state index contributed by atoms with van der Waals surface area (Å²) < 4.78 is 65.2. The number of carboxylic acid groups (broad SMARTS) is 2. The minimum Gasteiger partial charge on any atom is -0.475 e. The van der Waals surface area contributed by atoms with Crippen molar-refractivity contribution in [2.75, 3.05) is 24.5 Å². The summed E-state index contributed by atoms with van der Waals surface area (Å²) in [6.45, 7) is 3.56. The van der Waals surface area contributed by atoms with E-state index in [-0.39, 0.29) is 11.8 Å². The number of fused-ring (bicyclic) bond motifs is 1. The van der Waals surface area contributed by atoms with Gasteiger partial charge in [0.15, 0.2) is 0 Å². The van der Waals surface area contributed by atoms with Crippen LogP contribution in [-0.4, -0.2) is 79.7 Å². The number of carbonyl (C=O) groups is 3. The van der Waals surface area contributed by atoms with Gasteiger partial charge in [-0.25, -0.2) is 9.59 Å². The Morgan fingerprint density at radius 2 is 1.57 bits per heavy atom. The molecule has 0 aliphatic carbocycles. The number of aliphatic carboxylic acids is 2. The van der Waals surface area contributed by atoms with Crippen molar-refractivity contribution in [2.24, 2.45) is 18.9 Å². The molecule has 2 aromatic heterocycles. The zero-order valence-electron chi connectivity index (χ0n) is 19.3. The van der Waals surface area contributed by atoms with E-state index < -0.39 is 24.3 Å². The van der Waals surface area contributed by atoms with Crippen molar-refractivity contribution in [2.45, 2.75) is 25.3 Å². The van der Waals surface area contributed by atoms with Crippen LogP contribution >= 0.6 is 0 Å². The molecule has 0 radical (unpaired) electrons. The molecule has 4 heterocycles. The van der Waals surface area contributed by atoms with E-state index in [4.69, 9.17) is 19.8 Å². The van der Waals surface area contributed by atoms with Crippen LogP contribution in [0.4, 0.5) is 32.0 Å². The molecule has 2 atom stereocenters. The van der Waals surface area contributed by atoms with E-state index in [1.807, 2.05) is 42.7 Å². The van der Waals surface area contributed by atoms with Gasteiger partial charge in [0.25, 0.3) is 0 Å². The molecular formula is C21H23F6N5O5. The van der Waals surface area contributed by atoms with Crippen LogP contribution in [0.3, 0.4) is 0 Å². The van der Waals surface area contributed by atoms with Crippen LogP contribution in [0, 0.1) is 11.8 Å². The number of hydrogen-bond acceptors (Lipinski definition) is 6. The molecule has 10 nitrogen and oxygen atoms in total. The summed E-state index contributed by atoms with van der Waals surface area (Å²) in [5, 5.41) is 18.4. The highest BCUT2D eigenvalue weighted by atomic mass is 19.4. The maximum atomic E-state index is 12.9. The van der Waals surface area contributed by atoms with Crippen LogP contribution in [0.5, 0.6) is 0 Å². The SMILES string of the molecule is Cn1cc(N2CC[C@@H]3CN(Cc4ccncc4)C[C@H]3C2=O)cn1.O=C(O)C(F)(F)F.O=C(O)C(F)(F)F. The van der Waals surface area contributed by atoms with Crippen molar-refractivity contribution in [1.29, 1.82) is 0 Å². The first kappa shape index (κ1) is 29.5. The third-order valence-electron chi connectivity index (χ3n) is 5.47. The summed E-state index contributed by atoms with van der Waals surface area (Å²) in [5.41, 5.74) is 2.18. The Hall–Kier alpha value is -3.69. The topological polar surface area (TPSA) is 129 Å². The molecule has 16 heteroatoms. The fraction of sp³-hybridized carbons (Fsp3) is 0.476. The molecule has 2 aromatic rings. The van der Waals surface area contributed by atoms with E-state index in [2.05, 4.69) is 15.0 Å².